The monoisotopic (exact) mass is 594 g/mol. The second kappa shape index (κ2) is 13.4. The van der Waals surface area contributed by atoms with Crippen molar-refractivity contribution in [3.63, 3.8) is 0 Å². The summed E-state index contributed by atoms with van der Waals surface area (Å²) in [6, 6.07) is 17.8. The Morgan fingerprint density at radius 3 is 2.52 bits per heavy atom. The first-order valence-corrected chi connectivity index (χ1v) is 16.5. The molecule has 2 aromatic carbocycles. The molecule has 232 valence electrons. The van der Waals surface area contributed by atoms with Gasteiger partial charge in [-0.25, -0.2) is 0 Å². The van der Waals surface area contributed by atoms with E-state index in [-0.39, 0.29) is 17.2 Å². The summed E-state index contributed by atoms with van der Waals surface area (Å²) in [4.78, 5) is 21.9. The fraction of sp³-hybridized carbons (Fsp3) is 0.486. The largest absolute Gasteiger partial charge is 0.493 e. The molecule has 0 bridgehead atoms. The maximum Gasteiger partial charge on any atom is 0.324 e. The highest BCUT2D eigenvalue weighted by molar-refractivity contribution is 5.77. The van der Waals surface area contributed by atoms with Crippen LogP contribution >= 0.6 is 0 Å². The molecular weight excluding hydrogens is 548 g/mol. The van der Waals surface area contributed by atoms with E-state index >= 15 is 0 Å². The number of fused-ring (bicyclic) bond motifs is 2. The van der Waals surface area contributed by atoms with Crippen LogP contribution in [0.1, 0.15) is 94.1 Å². The van der Waals surface area contributed by atoms with Gasteiger partial charge in [0, 0.05) is 43.9 Å². The zero-order valence-electron chi connectivity index (χ0n) is 26.5. The molecule has 0 atom stereocenters. The van der Waals surface area contributed by atoms with Crippen molar-refractivity contribution in [1.82, 2.24) is 15.0 Å². The number of anilines is 1. The number of likely N-dealkylation sites (tertiary alicyclic amines) is 1. The van der Waals surface area contributed by atoms with Crippen LogP contribution < -0.4 is 9.64 Å². The molecule has 2 fully saturated rings. The van der Waals surface area contributed by atoms with E-state index in [2.05, 4.69) is 107 Å². The number of benzene rings is 2. The molecule has 2 saturated heterocycles. The van der Waals surface area contributed by atoms with Crippen LogP contribution in [0.15, 0.2) is 65.2 Å². The van der Waals surface area contributed by atoms with Gasteiger partial charge in [0.05, 0.1) is 6.61 Å². The summed E-state index contributed by atoms with van der Waals surface area (Å²) in [5.74, 6) is 2.72. The highest BCUT2D eigenvalue weighted by Gasteiger charge is 2.38. The maximum atomic E-state index is 13.1. The average molecular weight is 595 g/mol. The molecule has 44 heavy (non-hydrogen) atoms. The van der Waals surface area contributed by atoms with Gasteiger partial charge in [0.1, 0.15) is 5.75 Å². The predicted molar refractivity (Wildman–Crippen MR) is 176 cm³/mol. The van der Waals surface area contributed by atoms with E-state index in [1.54, 1.807) is 0 Å². The van der Waals surface area contributed by atoms with Crippen molar-refractivity contribution in [1.29, 1.82) is 0 Å². The number of carbonyl (C=O) groups is 1. The third kappa shape index (κ3) is 6.62. The molecule has 7 heteroatoms. The third-order valence-corrected chi connectivity index (χ3v) is 9.76. The zero-order valence-corrected chi connectivity index (χ0v) is 26.5. The van der Waals surface area contributed by atoms with E-state index in [1.165, 1.54) is 22.3 Å². The Balaban J connectivity index is 0.933. The predicted octanol–water partition coefficient (Wildman–Crippen LogP) is 7.65. The highest BCUT2D eigenvalue weighted by atomic mass is 16.5. The topological polar surface area (TPSA) is 71.7 Å². The number of ether oxygens (including phenoxy) is 1. The summed E-state index contributed by atoms with van der Waals surface area (Å²) in [5, 5.41) is 4.10. The standard InChI is InChI=1S/C37H46N4O3/c1-4-29(9-7-11-34(42)40-24-20-37(21-25-40)19-16-31-8-5-6-10-33(31)37)30-12-14-32(15-13-30)43-26-28-17-22-41(23-18-28)36-38-35(27(2)3)39-44-36/h5-6,8-10,12-16,19,27-28H,4,7,11,17-18,20-26H2,1-3H3/b29-9+. The van der Waals surface area contributed by atoms with Gasteiger partial charge in [0.2, 0.25) is 5.91 Å². The van der Waals surface area contributed by atoms with Crippen LogP contribution in [-0.2, 0) is 10.2 Å². The van der Waals surface area contributed by atoms with Crippen molar-refractivity contribution in [2.75, 3.05) is 37.7 Å². The van der Waals surface area contributed by atoms with Crippen LogP contribution in [0.4, 0.5) is 6.01 Å². The second-order valence-electron chi connectivity index (χ2n) is 12.9. The zero-order chi connectivity index (χ0) is 30.5. The summed E-state index contributed by atoms with van der Waals surface area (Å²) in [5.41, 5.74) is 5.37. The summed E-state index contributed by atoms with van der Waals surface area (Å²) in [7, 11) is 0. The number of carbonyl (C=O) groups excluding carboxylic acids is 1. The van der Waals surface area contributed by atoms with E-state index in [0.717, 1.165) is 76.3 Å². The molecule has 1 aliphatic carbocycles. The Morgan fingerprint density at radius 2 is 1.82 bits per heavy atom. The molecule has 3 heterocycles. The molecule has 0 radical (unpaired) electrons. The van der Waals surface area contributed by atoms with Gasteiger partial charge in [-0.1, -0.05) is 80.6 Å². The molecule has 0 saturated carbocycles. The molecule has 1 aromatic heterocycles. The van der Waals surface area contributed by atoms with Crippen molar-refractivity contribution in [2.24, 2.45) is 5.92 Å². The number of aromatic nitrogens is 2. The lowest BCUT2D eigenvalue weighted by atomic mass is 9.74. The molecule has 1 spiro atoms. The molecule has 0 N–H and O–H groups in total. The quantitative estimate of drug-likeness (QED) is 0.240. The second-order valence-corrected chi connectivity index (χ2v) is 12.9. The van der Waals surface area contributed by atoms with Gasteiger partial charge in [-0.05, 0) is 78.8 Å². The molecule has 3 aromatic rings. The average Bonchev–Trinajstić information content (AvgIpc) is 3.70. The van der Waals surface area contributed by atoms with Gasteiger partial charge in [0.15, 0.2) is 5.82 Å². The van der Waals surface area contributed by atoms with E-state index in [9.17, 15) is 4.79 Å². The summed E-state index contributed by atoms with van der Waals surface area (Å²) in [6.45, 7) is 10.5. The van der Waals surface area contributed by atoms with Crippen molar-refractivity contribution in [3.8, 4) is 5.75 Å². The first-order valence-electron chi connectivity index (χ1n) is 16.5. The fourth-order valence-corrected chi connectivity index (χ4v) is 6.88. The van der Waals surface area contributed by atoms with E-state index in [0.29, 0.717) is 25.0 Å². The van der Waals surface area contributed by atoms with E-state index in [4.69, 9.17) is 9.26 Å². The minimum atomic E-state index is 0.115. The maximum absolute atomic E-state index is 13.1. The number of hydrogen-bond acceptors (Lipinski definition) is 6. The van der Waals surface area contributed by atoms with Crippen molar-refractivity contribution >= 4 is 23.6 Å². The summed E-state index contributed by atoms with van der Waals surface area (Å²) >= 11 is 0. The molecule has 1 amide bonds. The van der Waals surface area contributed by atoms with Crippen molar-refractivity contribution in [2.45, 2.75) is 77.0 Å². The number of hydrogen-bond donors (Lipinski definition) is 0. The van der Waals surface area contributed by atoms with Gasteiger partial charge in [-0.3, -0.25) is 4.79 Å². The lowest BCUT2D eigenvalue weighted by molar-refractivity contribution is -0.132. The van der Waals surface area contributed by atoms with Crippen molar-refractivity contribution in [3.05, 3.63) is 83.2 Å². The normalized spacial score (nSPS) is 18.3. The Bertz CT molecular complexity index is 1470. The third-order valence-electron chi connectivity index (χ3n) is 9.76. The SMILES string of the molecule is CC/C(=C\CCC(=O)N1CCC2(C=Cc3ccccc32)CC1)c1ccc(OCC2CCN(c3nc(C(C)C)no3)CC2)cc1. The van der Waals surface area contributed by atoms with Gasteiger partial charge < -0.3 is 19.1 Å². The van der Waals surface area contributed by atoms with Crippen LogP contribution in [0, 0.1) is 5.92 Å². The Hall–Kier alpha value is -3.87. The Morgan fingerprint density at radius 1 is 1.07 bits per heavy atom. The minimum Gasteiger partial charge on any atom is -0.493 e. The van der Waals surface area contributed by atoms with Crippen LogP contribution in [0.5, 0.6) is 5.75 Å². The van der Waals surface area contributed by atoms with Gasteiger partial charge >= 0.3 is 6.01 Å². The number of amides is 1. The van der Waals surface area contributed by atoms with E-state index in [1.807, 2.05) is 0 Å². The highest BCUT2D eigenvalue weighted by Crippen LogP contribution is 2.43. The van der Waals surface area contributed by atoms with Gasteiger partial charge in [0.25, 0.3) is 0 Å². The summed E-state index contributed by atoms with van der Waals surface area (Å²) in [6.07, 6.45) is 13.2. The van der Waals surface area contributed by atoms with Gasteiger partial charge in [-0.15, -0.1) is 0 Å². The van der Waals surface area contributed by atoms with Gasteiger partial charge in [-0.2, -0.15) is 4.98 Å². The first kappa shape index (κ1) is 30.2. The lowest BCUT2D eigenvalue weighted by Crippen LogP contribution is -2.43. The lowest BCUT2D eigenvalue weighted by Gasteiger charge is -2.39. The molecule has 0 unspecified atom stereocenters. The molecule has 2 aliphatic heterocycles. The van der Waals surface area contributed by atoms with Crippen LogP contribution in [-0.4, -0.2) is 53.7 Å². The summed E-state index contributed by atoms with van der Waals surface area (Å²) < 4.78 is 11.6. The van der Waals surface area contributed by atoms with Crippen LogP contribution in [0.25, 0.3) is 11.6 Å². The molecule has 3 aliphatic rings. The Labute approximate surface area is 262 Å². The molecular formula is C37H46N4O3. The number of nitrogens with zero attached hydrogens (tertiary/aromatic N) is 4. The Kier molecular flexibility index (Phi) is 9.20. The van der Waals surface area contributed by atoms with Crippen LogP contribution in [0.2, 0.25) is 0 Å². The number of rotatable bonds is 10. The molecule has 7 nitrogen and oxygen atoms in total. The number of allylic oxidation sites excluding steroid dienone is 3. The van der Waals surface area contributed by atoms with Crippen LogP contribution in [0.3, 0.4) is 0 Å². The smallest absolute Gasteiger partial charge is 0.324 e. The first-order chi connectivity index (χ1) is 21.4. The minimum absolute atomic E-state index is 0.115. The fourth-order valence-electron chi connectivity index (χ4n) is 6.88. The number of piperidine rings is 2. The van der Waals surface area contributed by atoms with E-state index < -0.39 is 0 Å². The molecule has 6 rings (SSSR count). The van der Waals surface area contributed by atoms with Crippen molar-refractivity contribution < 1.29 is 14.1 Å².